The van der Waals surface area contributed by atoms with Crippen molar-refractivity contribution in [3.05, 3.63) is 76.3 Å². The Morgan fingerprint density at radius 1 is 0.889 bits per heavy atom. The predicted molar refractivity (Wildman–Crippen MR) is 115 cm³/mol. The van der Waals surface area contributed by atoms with Crippen LogP contribution in [0.5, 0.6) is 0 Å². The Morgan fingerprint density at radius 2 is 1.44 bits per heavy atom. The van der Waals surface area contributed by atoms with Crippen molar-refractivity contribution >= 4 is 50.7 Å². The van der Waals surface area contributed by atoms with E-state index in [2.05, 4.69) is 28.9 Å². The van der Waals surface area contributed by atoms with Crippen LogP contribution in [-0.4, -0.2) is 22.3 Å². The zero-order valence-corrected chi connectivity index (χ0v) is 16.4. The van der Waals surface area contributed by atoms with Crippen molar-refractivity contribution < 1.29 is 5.11 Å². The lowest BCUT2D eigenvalue weighted by molar-refractivity contribution is 0.169. The molecule has 0 amide bonds. The fourth-order valence-corrected chi connectivity index (χ4v) is 3.77. The molecule has 0 aliphatic rings. The maximum atomic E-state index is 10.6. The first kappa shape index (κ1) is 18.2. The number of benzene rings is 3. The maximum Gasteiger partial charge on any atom is 0.0891 e. The lowest BCUT2D eigenvalue weighted by Gasteiger charge is -2.16. The topological polar surface area (TPSA) is 37.2 Å². The summed E-state index contributed by atoms with van der Waals surface area (Å²) in [5, 5.41) is 17.4. The van der Waals surface area contributed by atoms with Crippen LogP contribution in [0.3, 0.4) is 0 Å². The summed E-state index contributed by atoms with van der Waals surface area (Å²) in [6.45, 7) is 2.99. The number of aliphatic hydroxyl groups excluding tert-OH is 1. The van der Waals surface area contributed by atoms with E-state index in [1.165, 1.54) is 5.56 Å². The van der Waals surface area contributed by atoms with E-state index >= 15 is 0 Å². The van der Waals surface area contributed by atoms with E-state index in [0.717, 1.165) is 27.5 Å². The van der Waals surface area contributed by atoms with Crippen molar-refractivity contribution in [3.63, 3.8) is 0 Å². The smallest absolute Gasteiger partial charge is 0.0891 e. The average molecular weight is 399 g/mol. The minimum absolute atomic E-state index is 0.464. The second-order valence-electron chi connectivity index (χ2n) is 6.83. The average Bonchev–Trinajstić information content (AvgIpc) is 2.94. The maximum absolute atomic E-state index is 10.6. The third kappa shape index (κ3) is 3.77. The lowest BCUT2D eigenvalue weighted by atomic mass is 10.1. The molecule has 5 heteroatoms. The number of anilines is 1. The van der Waals surface area contributed by atoms with Gasteiger partial charge in [0.05, 0.1) is 12.6 Å². The molecule has 0 radical (unpaired) electrons. The molecule has 1 atom stereocenters. The summed E-state index contributed by atoms with van der Waals surface area (Å²) in [7, 11) is 0. The molecular formula is C22H20Cl2N2O. The van der Waals surface area contributed by atoms with E-state index < -0.39 is 6.10 Å². The van der Waals surface area contributed by atoms with E-state index in [9.17, 15) is 5.11 Å². The number of aliphatic hydroxyl groups is 1. The zero-order valence-electron chi connectivity index (χ0n) is 14.9. The highest BCUT2D eigenvalue weighted by Gasteiger charge is 2.14. The van der Waals surface area contributed by atoms with E-state index in [-0.39, 0.29) is 0 Å². The summed E-state index contributed by atoms with van der Waals surface area (Å²) in [6.07, 6.45) is -0.545. The van der Waals surface area contributed by atoms with Crippen LogP contribution in [0.15, 0.2) is 60.7 Å². The number of aromatic nitrogens is 1. The standard InChI is InChI=1S/C22H20Cl2N2O/c1-14-2-6-17(7-3-14)25-12-18(27)13-26-21-8-4-15(23)10-19(21)20-11-16(24)5-9-22(20)26/h2-11,18,25,27H,12-13H2,1H3. The Morgan fingerprint density at radius 3 is 2.00 bits per heavy atom. The first-order valence-corrected chi connectivity index (χ1v) is 9.62. The molecule has 0 saturated heterocycles. The molecule has 0 fully saturated rings. The molecule has 138 valence electrons. The Labute approximate surface area is 168 Å². The molecule has 1 aromatic heterocycles. The Bertz CT molecular complexity index is 1040. The van der Waals surface area contributed by atoms with Crippen molar-refractivity contribution in [2.75, 3.05) is 11.9 Å². The van der Waals surface area contributed by atoms with Gasteiger partial charge in [0, 0.05) is 44.1 Å². The molecule has 0 spiro atoms. The molecule has 1 unspecified atom stereocenters. The van der Waals surface area contributed by atoms with Gasteiger partial charge in [-0.1, -0.05) is 40.9 Å². The number of fused-ring (bicyclic) bond motifs is 3. The molecule has 0 bridgehead atoms. The fraction of sp³-hybridized carbons (Fsp3) is 0.182. The van der Waals surface area contributed by atoms with E-state index in [1.54, 1.807) is 0 Å². The van der Waals surface area contributed by atoms with Gasteiger partial charge in [0.1, 0.15) is 0 Å². The quantitative estimate of drug-likeness (QED) is 0.440. The first-order valence-electron chi connectivity index (χ1n) is 8.87. The highest BCUT2D eigenvalue weighted by atomic mass is 35.5. The van der Waals surface area contributed by atoms with Gasteiger partial charge in [-0.25, -0.2) is 0 Å². The minimum Gasteiger partial charge on any atom is -0.389 e. The first-order chi connectivity index (χ1) is 13.0. The number of hydrogen-bond donors (Lipinski definition) is 2. The number of nitrogens with one attached hydrogen (secondary N) is 1. The zero-order chi connectivity index (χ0) is 19.0. The van der Waals surface area contributed by atoms with Gasteiger partial charge in [-0.15, -0.1) is 0 Å². The van der Waals surface area contributed by atoms with Gasteiger partial charge in [0.15, 0.2) is 0 Å². The number of aryl methyl sites for hydroxylation is 1. The van der Waals surface area contributed by atoms with Crippen molar-refractivity contribution in [2.45, 2.75) is 19.6 Å². The van der Waals surface area contributed by atoms with Crippen molar-refractivity contribution in [2.24, 2.45) is 0 Å². The Kier molecular flexibility index (Phi) is 5.00. The molecule has 3 aromatic carbocycles. The number of nitrogens with zero attached hydrogens (tertiary/aromatic N) is 1. The predicted octanol–water partition coefficient (Wildman–Crippen LogP) is 5.88. The molecule has 1 heterocycles. The largest absolute Gasteiger partial charge is 0.389 e. The van der Waals surface area contributed by atoms with Crippen LogP contribution in [-0.2, 0) is 6.54 Å². The van der Waals surface area contributed by atoms with Gasteiger partial charge in [-0.2, -0.15) is 0 Å². The second kappa shape index (κ2) is 7.43. The molecule has 0 aliphatic heterocycles. The van der Waals surface area contributed by atoms with Crippen molar-refractivity contribution in [3.8, 4) is 0 Å². The third-order valence-electron chi connectivity index (χ3n) is 4.78. The van der Waals surface area contributed by atoms with Crippen LogP contribution in [0.25, 0.3) is 21.8 Å². The number of hydrogen-bond acceptors (Lipinski definition) is 2. The molecule has 3 nitrogen and oxygen atoms in total. The van der Waals surface area contributed by atoms with Gasteiger partial charge >= 0.3 is 0 Å². The molecule has 0 aliphatic carbocycles. The molecule has 27 heavy (non-hydrogen) atoms. The van der Waals surface area contributed by atoms with Crippen LogP contribution in [0.1, 0.15) is 5.56 Å². The van der Waals surface area contributed by atoms with Gasteiger partial charge in [0.2, 0.25) is 0 Å². The van der Waals surface area contributed by atoms with Crippen LogP contribution < -0.4 is 5.32 Å². The minimum atomic E-state index is -0.545. The normalized spacial score (nSPS) is 12.6. The Balaban J connectivity index is 1.63. The lowest BCUT2D eigenvalue weighted by Crippen LogP contribution is -2.24. The van der Waals surface area contributed by atoms with Crippen LogP contribution >= 0.6 is 23.2 Å². The molecule has 2 N–H and O–H groups in total. The van der Waals surface area contributed by atoms with Crippen LogP contribution in [0, 0.1) is 6.92 Å². The van der Waals surface area contributed by atoms with Crippen molar-refractivity contribution in [1.29, 1.82) is 0 Å². The van der Waals surface area contributed by atoms with Gasteiger partial charge in [-0.05, 0) is 55.5 Å². The van der Waals surface area contributed by atoms with Crippen LogP contribution in [0.2, 0.25) is 10.0 Å². The molecule has 4 rings (SSSR count). The number of halogens is 2. The summed E-state index contributed by atoms with van der Waals surface area (Å²) in [6, 6.07) is 19.8. The van der Waals surface area contributed by atoms with Crippen molar-refractivity contribution in [1.82, 2.24) is 4.57 Å². The van der Waals surface area contributed by atoms with Gasteiger partial charge in [-0.3, -0.25) is 0 Å². The molecule has 0 saturated carbocycles. The van der Waals surface area contributed by atoms with Gasteiger partial charge < -0.3 is 15.0 Å². The summed E-state index contributed by atoms with van der Waals surface area (Å²) in [4.78, 5) is 0. The van der Waals surface area contributed by atoms with E-state index in [0.29, 0.717) is 23.1 Å². The van der Waals surface area contributed by atoms with E-state index in [1.807, 2.05) is 48.5 Å². The second-order valence-corrected chi connectivity index (χ2v) is 7.71. The van der Waals surface area contributed by atoms with Crippen LogP contribution in [0.4, 0.5) is 5.69 Å². The highest BCUT2D eigenvalue weighted by molar-refractivity contribution is 6.33. The SMILES string of the molecule is Cc1ccc(NCC(O)Cn2c3ccc(Cl)cc3c3cc(Cl)ccc32)cc1. The van der Waals surface area contributed by atoms with Gasteiger partial charge in [0.25, 0.3) is 0 Å². The Hall–Kier alpha value is -2.20. The highest BCUT2D eigenvalue weighted by Crippen LogP contribution is 2.33. The summed E-state index contributed by atoms with van der Waals surface area (Å²) >= 11 is 12.4. The van der Waals surface area contributed by atoms with E-state index in [4.69, 9.17) is 23.2 Å². The molecule has 4 aromatic rings. The summed E-state index contributed by atoms with van der Waals surface area (Å²) < 4.78 is 2.12. The monoisotopic (exact) mass is 398 g/mol. The number of rotatable bonds is 5. The molecular weight excluding hydrogens is 379 g/mol. The fourth-order valence-electron chi connectivity index (χ4n) is 3.43. The summed E-state index contributed by atoms with van der Waals surface area (Å²) in [5.41, 5.74) is 4.28. The summed E-state index contributed by atoms with van der Waals surface area (Å²) in [5.74, 6) is 0. The third-order valence-corrected chi connectivity index (χ3v) is 5.25.